The first kappa shape index (κ1) is 21.8. The van der Waals surface area contributed by atoms with Crippen LogP contribution in [0, 0.1) is 11.3 Å². The Kier molecular flexibility index (Phi) is 6.45. The molecule has 1 aliphatic carbocycles. The first-order chi connectivity index (χ1) is 16.1. The molecule has 1 aliphatic rings. The summed E-state index contributed by atoms with van der Waals surface area (Å²) >= 11 is 0. The maximum atomic E-state index is 13.0. The maximum Gasteiger partial charge on any atom is 0.280 e. The van der Waals surface area contributed by atoms with Crippen LogP contribution in [0.2, 0.25) is 0 Å². The lowest BCUT2D eigenvalue weighted by Gasteiger charge is -2.06. The van der Waals surface area contributed by atoms with E-state index in [-0.39, 0.29) is 11.5 Å². The van der Waals surface area contributed by atoms with Crippen molar-refractivity contribution in [2.75, 3.05) is 6.54 Å². The maximum absolute atomic E-state index is 13.0. The number of carbonyl (C=O) groups is 1. The lowest BCUT2D eigenvalue weighted by Crippen LogP contribution is -2.25. The molecule has 9 heteroatoms. The van der Waals surface area contributed by atoms with Crippen LogP contribution in [0.1, 0.15) is 35.7 Å². The zero-order valence-electron chi connectivity index (χ0n) is 18.2. The smallest absolute Gasteiger partial charge is 0.280 e. The van der Waals surface area contributed by atoms with Gasteiger partial charge in [0.15, 0.2) is 5.82 Å². The van der Waals surface area contributed by atoms with Gasteiger partial charge in [0.2, 0.25) is 0 Å². The van der Waals surface area contributed by atoms with Crippen molar-refractivity contribution in [3.05, 3.63) is 94.1 Å². The number of allylic oxidation sites excluding steroid dienone is 6. The van der Waals surface area contributed by atoms with Crippen LogP contribution < -0.4 is 10.9 Å². The van der Waals surface area contributed by atoms with E-state index < -0.39 is 0 Å². The fourth-order valence-corrected chi connectivity index (χ4v) is 3.53. The minimum Gasteiger partial charge on any atom is -0.352 e. The molecule has 0 atom stereocenters. The molecule has 0 aromatic carbocycles. The number of aryl methyl sites for hydroxylation is 1. The van der Waals surface area contributed by atoms with Gasteiger partial charge in [-0.05, 0) is 43.5 Å². The highest BCUT2D eigenvalue weighted by atomic mass is 16.1. The Labute approximate surface area is 190 Å². The van der Waals surface area contributed by atoms with Crippen molar-refractivity contribution in [1.82, 2.24) is 29.6 Å². The van der Waals surface area contributed by atoms with Gasteiger partial charge < -0.3 is 9.88 Å². The first-order valence-corrected chi connectivity index (χ1v) is 10.6. The van der Waals surface area contributed by atoms with Crippen molar-refractivity contribution in [3.63, 3.8) is 0 Å². The Morgan fingerprint density at radius 3 is 2.94 bits per heavy atom. The summed E-state index contributed by atoms with van der Waals surface area (Å²) in [5.41, 5.74) is 3.01. The van der Waals surface area contributed by atoms with Gasteiger partial charge in [0.25, 0.3) is 11.5 Å². The van der Waals surface area contributed by atoms with Crippen LogP contribution in [-0.4, -0.2) is 36.8 Å². The van der Waals surface area contributed by atoms with Gasteiger partial charge in [-0.2, -0.15) is 5.26 Å². The Balaban J connectivity index is 1.43. The molecule has 0 saturated carbocycles. The minimum atomic E-state index is -0.251. The quantitative estimate of drug-likeness (QED) is 0.546. The molecule has 3 heterocycles. The van der Waals surface area contributed by atoms with Crippen molar-refractivity contribution in [2.24, 2.45) is 0 Å². The standard InChI is InChI=1S/C24H23N7O2/c1-17-3-4-18(13-25)5-7-20(17)21-15-29-31(24(21)33)22-8-6-19(14-28-22)23(32)27-9-2-11-30-12-10-26-16-30/h4-8,10,12,14-16,29H,2-3,9,11H2,1H3,(H,27,32). The number of nitrogens with one attached hydrogen (secondary N) is 2. The topological polar surface area (TPSA) is 121 Å². The number of aromatic nitrogens is 5. The molecule has 0 saturated heterocycles. The monoisotopic (exact) mass is 441 g/mol. The number of pyridine rings is 1. The molecule has 166 valence electrons. The highest BCUT2D eigenvalue weighted by Crippen LogP contribution is 2.24. The van der Waals surface area contributed by atoms with E-state index in [1.165, 1.54) is 10.9 Å². The summed E-state index contributed by atoms with van der Waals surface area (Å²) in [6, 6.07) is 5.39. The molecule has 0 spiro atoms. The van der Waals surface area contributed by atoms with Crippen LogP contribution in [0.15, 0.2) is 77.4 Å². The van der Waals surface area contributed by atoms with Crippen LogP contribution in [0.4, 0.5) is 0 Å². The summed E-state index contributed by atoms with van der Waals surface area (Å²) in [6.07, 6.45) is 15.1. The lowest BCUT2D eigenvalue weighted by molar-refractivity contribution is 0.0952. The van der Waals surface area contributed by atoms with Gasteiger partial charge in [0, 0.05) is 43.4 Å². The number of hydrogen-bond acceptors (Lipinski definition) is 5. The van der Waals surface area contributed by atoms with Gasteiger partial charge >= 0.3 is 0 Å². The van der Waals surface area contributed by atoms with Gasteiger partial charge in [-0.3, -0.25) is 14.7 Å². The van der Waals surface area contributed by atoms with Crippen molar-refractivity contribution >= 4 is 11.5 Å². The van der Waals surface area contributed by atoms with E-state index in [1.807, 2.05) is 23.8 Å². The molecule has 0 fully saturated rings. The number of amides is 1. The van der Waals surface area contributed by atoms with E-state index in [1.54, 1.807) is 43.0 Å². The second-order valence-electron chi connectivity index (χ2n) is 7.65. The summed E-state index contributed by atoms with van der Waals surface area (Å²) < 4.78 is 3.28. The molecule has 2 N–H and O–H groups in total. The van der Waals surface area contributed by atoms with E-state index in [2.05, 4.69) is 26.5 Å². The lowest BCUT2D eigenvalue weighted by atomic mass is 10.0. The number of hydrogen-bond donors (Lipinski definition) is 2. The number of H-pyrrole nitrogens is 1. The highest BCUT2D eigenvalue weighted by Gasteiger charge is 2.15. The number of nitriles is 1. The van der Waals surface area contributed by atoms with E-state index in [4.69, 9.17) is 5.26 Å². The predicted octanol–water partition coefficient (Wildman–Crippen LogP) is 2.76. The highest BCUT2D eigenvalue weighted by molar-refractivity contribution is 5.93. The van der Waals surface area contributed by atoms with Gasteiger partial charge in [-0.25, -0.2) is 14.6 Å². The second kappa shape index (κ2) is 9.78. The Hall–Kier alpha value is -4.45. The zero-order valence-corrected chi connectivity index (χ0v) is 18.2. The van der Waals surface area contributed by atoms with Gasteiger partial charge in [0.05, 0.1) is 23.5 Å². The number of nitrogens with zero attached hydrogens (tertiary/aromatic N) is 5. The van der Waals surface area contributed by atoms with Crippen molar-refractivity contribution in [1.29, 1.82) is 5.26 Å². The summed E-state index contributed by atoms with van der Waals surface area (Å²) in [6.45, 7) is 3.24. The third-order valence-electron chi connectivity index (χ3n) is 5.39. The fraction of sp³-hybridized carbons (Fsp3) is 0.208. The van der Waals surface area contributed by atoms with Crippen molar-refractivity contribution < 1.29 is 4.79 Å². The number of imidazole rings is 1. The zero-order chi connectivity index (χ0) is 23.2. The van der Waals surface area contributed by atoms with Gasteiger partial charge in [-0.1, -0.05) is 17.7 Å². The summed E-state index contributed by atoms with van der Waals surface area (Å²) in [4.78, 5) is 33.7. The van der Waals surface area contributed by atoms with E-state index >= 15 is 0 Å². The Morgan fingerprint density at radius 1 is 1.33 bits per heavy atom. The third-order valence-corrected chi connectivity index (χ3v) is 5.39. The predicted molar refractivity (Wildman–Crippen MR) is 123 cm³/mol. The normalized spacial score (nSPS) is 13.4. The minimum absolute atomic E-state index is 0.218. The summed E-state index contributed by atoms with van der Waals surface area (Å²) in [7, 11) is 0. The molecular weight excluding hydrogens is 418 g/mol. The van der Waals surface area contributed by atoms with E-state index in [0.717, 1.165) is 24.1 Å². The fourth-order valence-electron chi connectivity index (χ4n) is 3.53. The van der Waals surface area contributed by atoms with Crippen LogP contribution in [0.3, 0.4) is 0 Å². The molecule has 1 amide bonds. The van der Waals surface area contributed by atoms with Crippen LogP contribution in [-0.2, 0) is 6.54 Å². The molecule has 0 bridgehead atoms. The molecule has 3 aromatic heterocycles. The molecule has 33 heavy (non-hydrogen) atoms. The number of carbonyl (C=O) groups excluding carboxylic acids is 1. The molecule has 0 unspecified atom stereocenters. The molecule has 0 aliphatic heterocycles. The number of aromatic amines is 1. The first-order valence-electron chi connectivity index (χ1n) is 10.6. The average Bonchev–Trinajstić information content (AvgIpc) is 3.44. The van der Waals surface area contributed by atoms with Crippen LogP contribution in [0.25, 0.3) is 11.4 Å². The largest absolute Gasteiger partial charge is 0.352 e. The van der Waals surface area contributed by atoms with Crippen LogP contribution >= 0.6 is 0 Å². The average molecular weight is 441 g/mol. The van der Waals surface area contributed by atoms with Crippen molar-refractivity contribution in [2.45, 2.75) is 26.3 Å². The molecule has 4 rings (SSSR count). The third kappa shape index (κ3) is 4.91. The van der Waals surface area contributed by atoms with E-state index in [0.29, 0.717) is 35.5 Å². The Bertz CT molecular complexity index is 1330. The molecule has 0 radical (unpaired) electrons. The molecular formula is C24H23N7O2. The summed E-state index contributed by atoms with van der Waals surface area (Å²) in [5, 5.41) is 14.9. The number of rotatable bonds is 7. The van der Waals surface area contributed by atoms with Crippen LogP contribution in [0.5, 0.6) is 0 Å². The Morgan fingerprint density at radius 2 is 2.21 bits per heavy atom. The summed E-state index contributed by atoms with van der Waals surface area (Å²) in [5.74, 6) is 0.166. The van der Waals surface area contributed by atoms with Gasteiger partial charge in [0.1, 0.15) is 0 Å². The SMILES string of the molecule is CC1=C(c2c[nH]n(-c3ccc(C(=O)NCCCn4ccnc4)cn3)c2=O)C=CC(C#N)=CC1. The second-order valence-corrected chi connectivity index (χ2v) is 7.65. The van der Waals surface area contributed by atoms with Gasteiger partial charge in [-0.15, -0.1) is 0 Å². The van der Waals surface area contributed by atoms with Crippen molar-refractivity contribution in [3.8, 4) is 11.9 Å². The molecule has 3 aromatic rings. The van der Waals surface area contributed by atoms with E-state index in [9.17, 15) is 9.59 Å². The molecule has 9 nitrogen and oxygen atoms in total.